The van der Waals surface area contributed by atoms with Crippen molar-refractivity contribution < 1.29 is 12.8 Å². The van der Waals surface area contributed by atoms with Crippen LogP contribution in [0.5, 0.6) is 0 Å². The lowest BCUT2D eigenvalue weighted by atomic mass is 9.81. The molecule has 6 rings (SSSR count). The number of nitrogens with zero attached hydrogens (tertiary/aromatic N) is 6. The molecule has 1 fully saturated rings. The summed E-state index contributed by atoms with van der Waals surface area (Å²) < 4.78 is 27.4. The Bertz CT molecular complexity index is 2290. The van der Waals surface area contributed by atoms with Gasteiger partial charge in [-0.25, -0.2) is 18.4 Å². The highest BCUT2D eigenvalue weighted by molar-refractivity contribution is 7.91. The molecule has 0 N–H and O–H groups in total. The highest BCUT2D eigenvalue weighted by Crippen LogP contribution is 2.34. The smallest absolute Gasteiger partial charge is 0.150 e. The third kappa shape index (κ3) is 37.8. The van der Waals surface area contributed by atoms with E-state index in [0.717, 1.165) is 62.6 Å². The number of aromatic nitrogens is 4. The van der Waals surface area contributed by atoms with Gasteiger partial charge in [0.25, 0.3) is 0 Å². The van der Waals surface area contributed by atoms with Crippen LogP contribution in [-0.4, -0.2) is 66.5 Å². The first-order valence-electron chi connectivity index (χ1n) is 28.8. The molecule has 2 aromatic carbocycles. The van der Waals surface area contributed by atoms with Gasteiger partial charge in [0.15, 0.2) is 9.84 Å². The van der Waals surface area contributed by atoms with Crippen LogP contribution in [0, 0.1) is 45.3 Å². The molecule has 9 nitrogen and oxygen atoms in total. The van der Waals surface area contributed by atoms with Crippen LogP contribution in [0.1, 0.15) is 199 Å². The van der Waals surface area contributed by atoms with Gasteiger partial charge in [0.1, 0.15) is 11.6 Å². The van der Waals surface area contributed by atoms with Crippen molar-refractivity contribution in [1.82, 2.24) is 19.9 Å². The Morgan fingerprint density at radius 2 is 1.14 bits per heavy atom. The molecule has 0 radical (unpaired) electrons. The van der Waals surface area contributed by atoms with Gasteiger partial charge in [-0.3, -0.25) is 9.97 Å². The standard InChI is InChI=1S/C15H25N.C13H21N.2C11H18N2.C9H14O.C8H16O2S/c1-6-16(12-11-15(3,4)5)14-10-8-7-9-13(14)2;1-13(2,3)10-11-14(4)12-8-6-5-7-9-12;1-11(2,3)7-4-6-10-12-8-5-9-13-10;1-11(2,3)6-4-5-10-9-12-7-8-13-10;1-9(2,3)7-8-5-4-6-10-8;1-8(2,3)7-4-5-11(9,10)6-7/h7-10H,6,11-12H2,1-5H3;5-9H,10-11H2,1-4H3;5,8-9H,4,6-7H2,1-3H3;7-9H,4-6H2,1-3H3;4-6H,7H2,1-3H3;7H,4-6H2,1-3H3. The molecule has 1 atom stereocenters. The van der Waals surface area contributed by atoms with Gasteiger partial charge in [0.2, 0.25) is 0 Å². The van der Waals surface area contributed by atoms with Crippen LogP contribution in [-0.2, 0) is 29.1 Å². The fourth-order valence-electron chi connectivity index (χ4n) is 8.06. The van der Waals surface area contributed by atoms with E-state index in [0.29, 0.717) is 44.5 Å². The van der Waals surface area contributed by atoms with Gasteiger partial charge in [-0.2, -0.15) is 0 Å². The first-order chi connectivity index (χ1) is 35.5. The van der Waals surface area contributed by atoms with Crippen LogP contribution >= 0.6 is 0 Å². The molecule has 0 aliphatic carbocycles. The molecule has 10 heteroatoms. The summed E-state index contributed by atoms with van der Waals surface area (Å²) in [6.07, 6.45) is 21.9. The molecule has 3 aromatic heterocycles. The van der Waals surface area contributed by atoms with E-state index in [9.17, 15) is 8.42 Å². The number of furan rings is 1. The number of para-hydroxylation sites is 2. The van der Waals surface area contributed by atoms with E-state index in [4.69, 9.17) is 4.42 Å². The normalized spacial score (nSPS) is 14.3. The predicted molar refractivity (Wildman–Crippen MR) is 334 cm³/mol. The molecular formula is C67H112N6O3S. The summed E-state index contributed by atoms with van der Waals surface area (Å²) in [5.74, 6) is 3.21. The Morgan fingerprint density at radius 1 is 0.597 bits per heavy atom. The number of hydrogen-bond acceptors (Lipinski definition) is 9. The van der Waals surface area contributed by atoms with Gasteiger partial charge in [-0.05, 0) is 146 Å². The van der Waals surface area contributed by atoms with Gasteiger partial charge < -0.3 is 14.2 Å². The monoisotopic (exact) mass is 1080 g/mol. The zero-order valence-electron chi connectivity index (χ0n) is 52.9. The van der Waals surface area contributed by atoms with Crippen LogP contribution < -0.4 is 9.80 Å². The maximum absolute atomic E-state index is 11.1. The Morgan fingerprint density at radius 3 is 1.58 bits per heavy atom. The van der Waals surface area contributed by atoms with E-state index >= 15 is 0 Å². The second kappa shape index (κ2) is 33.8. The molecule has 1 saturated heterocycles. The van der Waals surface area contributed by atoms with Gasteiger partial charge in [0.05, 0.1) is 23.5 Å². The van der Waals surface area contributed by atoms with Crippen molar-refractivity contribution in [3.8, 4) is 0 Å². The molecule has 4 heterocycles. The predicted octanol–water partition coefficient (Wildman–Crippen LogP) is 17.8. The Balaban J connectivity index is 0.000000465. The molecule has 5 aromatic rings. The Hall–Kier alpha value is -4.57. The molecular weight excluding hydrogens is 969 g/mol. The third-order valence-corrected chi connectivity index (χ3v) is 14.8. The van der Waals surface area contributed by atoms with Crippen molar-refractivity contribution >= 4 is 21.2 Å². The minimum Gasteiger partial charge on any atom is -0.469 e. The average Bonchev–Trinajstić information content (AvgIpc) is 3.98. The Labute approximate surface area is 473 Å². The quantitative estimate of drug-likeness (QED) is 0.107. The maximum atomic E-state index is 11.1. The summed E-state index contributed by atoms with van der Waals surface area (Å²) in [7, 11) is -0.525. The van der Waals surface area contributed by atoms with Gasteiger partial charge in [-0.1, -0.05) is 161 Å². The molecule has 0 spiro atoms. The molecule has 434 valence electrons. The fourth-order valence-corrected chi connectivity index (χ4v) is 10.2. The maximum Gasteiger partial charge on any atom is 0.150 e. The number of benzene rings is 2. The lowest BCUT2D eigenvalue weighted by Crippen LogP contribution is -2.27. The highest BCUT2D eigenvalue weighted by Gasteiger charge is 2.35. The van der Waals surface area contributed by atoms with E-state index < -0.39 is 9.84 Å². The van der Waals surface area contributed by atoms with Gasteiger partial charge in [-0.15, -0.1) is 0 Å². The summed E-state index contributed by atoms with van der Waals surface area (Å²) in [5.41, 5.74) is 7.34. The van der Waals surface area contributed by atoms with Crippen molar-refractivity contribution in [2.45, 2.75) is 203 Å². The van der Waals surface area contributed by atoms with Crippen LogP contribution in [0.15, 0.2) is 114 Å². The minimum absolute atomic E-state index is 0.156. The van der Waals surface area contributed by atoms with E-state index in [1.807, 2.05) is 24.4 Å². The van der Waals surface area contributed by atoms with E-state index in [1.54, 1.807) is 31.1 Å². The lowest BCUT2D eigenvalue weighted by Gasteiger charge is -2.28. The molecule has 1 aliphatic rings. The fraction of sp³-hybridized carbons (Fsp3) is 0.642. The molecule has 0 saturated carbocycles. The van der Waals surface area contributed by atoms with E-state index in [2.05, 4.69) is 230 Å². The minimum atomic E-state index is -2.68. The molecule has 0 amide bonds. The highest BCUT2D eigenvalue weighted by atomic mass is 32.2. The summed E-state index contributed by atoms with van der Waals surface area (Å²) in [6.45, 7) is 48.1. The third-order valence-electron chi connectivity index (χ3n) is 13.0. The largest absolute Gasteiger partial charge is 0.469 e. The topological polar surface area (TPSA) is 105 Å². The second-order valence-corrected chi connectivity index (χ2v) is 30.4. The second-order valence-electron chi connectivity index (χ2n) is 28.2. The van der Waals surface area contributed by atoms with Gasteiger partial charge in [0, 0.05) is 81.9 Å². The van der Waals surface area contributed by atoms with E-state index in [1.165, 1.54) is 55.5 Å². The SMILES string of the molecule is CC(C)(C)C1CCS(=O)(=O)C1.CC(C)(C)CCCc1cnccn1.CC(C)(C)CCCc1ncccn1.CC(C)(C)Cc1ccco1.CCN(CCC(C)(C)C)c1ccccc1C.CN(CCC(C)(C)C)c1ccccc1. The number of anilines is 2. The number of hydrogen-bond donors (Lipinski definition) is 0. The number of rotatable bonds is 14. The average molecular weight is 1080 g/mol. The van der Waals surface area contributed by atoms with Crippen LogP contribution in [0.3, 0.4) is 0 Å². The summed E-state index contributed by atoms with van der Waals surface area (Å²) in [6, 6.07) is 25.0. The molecule has 1 aliphatic heterocycles. The molecule has 1 unspecified atom stereocenters. The van der Waals surface area contributed by atoms with Crippen molar-refractivity contribution in [2.75, 3.05) is 48.0 Å². The zero-order chi connectivity index (χ0) is 58.6. The van der Waals surface area contributed by atoms with E-state index in [-0.39, 0.29) is 5.41 Å². The van der Waals surface area contributed by atoms with Crippen LogP contribution in [0.2, 0.25) is 0 Å². The first kappa shape index (κ1) is 70.4. The lowest BCUT2D eigenvalue weighted by molar-refractivity contribution is 0.268. The van der Waals surface area contributed by atoms with Gasteiger partial charge >= 0.3 is 0 Å². The Kier molecular flexibility index (Phi) is 30.9. The van der Waals surface area contributed by atoms with Crippen molar-refractivity contribution in [1.29, 1.82) is 0 Å². The molecule has 77 heavy (non-hydrogen) atoms. The van der Waals surface area contributed by atoms with Crippen molar-refractivity contribution in [3.63, 3.8) is 0 Å². The first-order valence-corrected chi connectivity index (χ1v) is 30.6. The van der Waals surface area contributed by atoms with Crippen LogP contribution in [0.4, 0.5) is 11.4 Å². The summed E-state index contributed by atoms with van der Waals surface area (Å²) in [5, 5.41) is 0. The molecule has 0 bridgehead atoms. The number of aryl methyl sites for hydroxylation is 3. The summed E-state index contributed by atoms with van der Waals surface area (Å²) >= 11 is 0. The number of sulfone groups is 1. The van der Waals surface area contributed by atoms with Crippen molar-refractivity contribution in [2.24, 2.45) is 38.4 Å². The summed E-state index contributed by atoms with van der Waals surface area (Å²) in [4.78, 5) is 21.4. The van der Waals surface area contributed by atoms with Crippen LogP contribution in [0.25, 0.3) is 0 Å². The van der Waals surface area contributed by atoms with Crippen molar-refractivity contribution in [3.05, 3.63) is 133 Å². The zero-order valence-corrected chi connectivity index (χ0v) is 53.7.